The Morgan fingerprint density at radius 2 is 2.18 bits per heavy atom. The molecule has 0 amide bonds. The molecule has 0 radical (unpaired) electrons. The lowest BCUT2D eigenvalue weighted by molar-refractivity contribution is 0.396. The van der Waals surface area contributed by atoms with Gasteiger partial charge in [-0.1, -0.05) is 0 Å². The van der Waals surface area contributed by atoms with E-state index in [1.165, 1.54) is 6.42 Å². The maximum atomic E-state index is 4.08. The largest absolute Gasteiger partial charge is 0.369 e. The fraction of sp³-hybridized carbons (Fsp3) is 0.600. The first-order valence-corrected chi connectivity index (χ1v) is 5.68. The molecule has 7 nitrogen and oxygen atoms in total. The van der Waals surface area contributed by atoms with Gasteiger partial charge in [-0.3, -0.25) is 4.98 Å². The minimum absolute atomic E-state index is 0.656. The second-order valence-electron chi connectivity index (χ2n) is 4.18. The molecule has 2 aromatic rings. The van der Waals surface area contributed by atoms with Crippen LogP contribution in [-0.2, 0) is 0 Å². The molecular formula is C10H17N7. The lowest BCUT2D eigenvalue weighted by atomic mass is 10.3. The van der Waals surface area contributed by atoms with Crippen LogP contribution in [0, 0.1) is 0 Å². The van der Waals surface area contributed by atoms with Crippen LogP contribution >= 0.6 is 0 Å². The van der Waals surface area contributed by atoms with E-state index in [0.29, 0.717) is 5.65 Å². The number of aromatic nitrogens is 5. The molecule has 0 aliphatic rings. The van der Waals surface area contributed by atoms with Gasteiger partial charge in [0.1, 0.15) is 5.82 Å². The van der Waals surface area contributed by atoms with Gasteiger partial charge in [-0.2, -0.15) is 4.52 Å². The summed E-state index contributed by atoms with van der Waals surface area (Å²) in [5.41, 5.74) is 0.656. The fourth-order valence-electron chi connectivity index (χ4n) is 1.57. The standard InChI is InChI=1S/C10H17N7/c1-16(2)6-4-3-5-12-9-7-11-8-10-13-14-15-17(9)10/h7-8,12H,3-6H2,1-2H3. The van der Waals surface area contributed by atoms with Gasteiger partial charge in [0, 0.05) is 6.54 Å². The number of nitrogens with one attached hydrogen (secondary N) is 1. The molecule has 1 N–H and O–H groups in total. The van der Waals surface area contributed by atoms with Crippen LogP contribution in [0.2, 0.25) is 0 Å². The van der Waals surface area contributed by atoms with Crippen LogP contribution in [-0.4, -0.2) is 57.1 Å². The van der Waals surface area contributed by atoms with Crippen molar-refractivity contribution in [3.05, 3.63) is 12.4 Å². The van der Waals surface area contributed by atoms with Crippen LogP contribution in [0.3, 0.4) is 0 Å². The summed E-state index contributed by atoms with van der Waals surface area (Å²) in [6.07, 6.45) is 5.64. The van der Waals surface area contributed by atoms with Crippen LogP contribution in [0.25, 0.3) is 5.65 Å². The Balaban J connectivity index is 1.84. The summed E-state index contributed by atoms with van der Waals surface area (Å²) in [7, 11) is 4.17. The van der Waals surface area contributed by atoms with Gasteiger partial charge in [-0.05, 0) is 43.9 Å². The molecule has 0 saturated heterocycles. The molecule has 2 heterocycles. The summed E-state index contributed by atoms with van der Waals surface area (Å²) in [5, 5.41) is 14.6. The molecule has 17 heavy (non-hydrogen) atoms. The third-order valence-electron chi connectivity index (χ3n) is 2.45. The van der Waals surface area contributed by atoms with Gasteiger partial charge < -0.3 is 10.2 Å². The highest BCUT2D eigenvalue weighted by Crippen LogP contribution is 2.05. The van der Waals surface area contributed by atoms with E-state index in [2.05, 4.69) is 44.8 Å². The monoisotopic (exact) mass is 235 g/mol. The van der Waals surface area contributed by atoms with Crippen LogP contribution in [0.15, 0.2) is 12.4 Å². The molecule has 0 aliphatic carbocycles. The average molecular weight is 235 g/mol. The maximum Gasteiger partial charge on any atom is 0.199 e. The van der Waals surface area contributed by atoms with Crippen LogP contribution in [0.1, 0.15) is 12.8 Å². The minimum atomic E-state index is 0.656. The van der Waals surface area contributed by atoms with Crippen LogP contribution in [0.5, 0.6) is 0 Å². The van der Waals surface area contributed by atoms with E-state index in [-0.39, 0.29) is 0 Å². The van der Waals surface area contributed by atoms with Crippen molar-refractivity contribution in [3.8, 4) is 0 Å². The second kappa shape index (κ2) is 5.53. The Labute approximate surface area is 99.8 Å². The number of nitrogens with zero attached hydrogens (tertiary/aromatic N) is 6. The zero-order valence-corrected chi connectivity index (χ0v) is 10.2. The molecular weight excluding hydrogens is 218 g/mol. The number of tetrazole rings is 1. The molecule has 0 aliphatic heterocycles. The first-order valence-electron chi connectivity index (χ1n) is 5.68. The molecule has 0 bridgehead atoms. The van der Waals surface area contributed by atoms with Gasteiger partial charge in [-0.25, -0.2) is 0 Å². The molecule has 2 rings (SSSR count). The van der Waals surface area contributed by atoms with Crippen molar-refractivity contribution >= 4 is 11.5 Å². The summed E-state index contributed by atoms with van der Waals surface area (Å²) in [4.78, 5) is 6.26. The van der Waals surface area contributed by atoms with Crippen molar-refractivity contribution in [1.82, 2.24) is 29.9 Å². The Morgan fingerprint density at radius 1 is 1.29 bits per heavy atom. The van der Waals surface area contributed by atoms with E-state index in [9.17, 15) is 0 Å². The quantitative estimate of drug-likeness (QED) is 0.725. The molecule has 0 unspecified atom stereocenters. The molecule has 0 fully saturated rings. The Morgan fingerprint density at radius 3 is 3.00 bits per heavy atom. The third-order valence-corrected chi connectivity index (χ3v) is 2.45. The number of anilines is 1. The zero-order chi connectivity index (χ0) is 12.1. The number of hydrogen-bond acceptors (Lipinski definition) is 6. The first-order chi connectivity index (χ1) is 8.27. The summed E-state index contributed by atoms with van der Waals surface area (Å²) in [6, 6.07) is 0. The van der Waals surface area contributed by atoms with Gasteiger partial charge in [0.25, 0.3) is 0 Å². The Hall–Kier alpha value is -1.76. The predicted molar refractivity (Wildman–Crippen MR) is 64.9 cm³/mol. The normalized spacial score (nSPS) is 11.2. The number of fused-ring (bicyclic) bond motifs is 1. The van der Waals surface area contributed by atoms with Crippen molar-refractivity contribution in [1.29, 1.82) is 0 Å². The molecule has 0 aromatic carbocycles. The zero-order valence-electron chi connectivity index (χ0n) is 10.2. The van der Waals surface area contributed by atoms with Gasteiger partial charge >= 0.3 is 0 Å². The van der Waals surface area contributed by atoms with Crippen LogP contribution < -0.4 is 5.32 Å². The predicted octanol–water partition coefficient (Wildman–Crippen LogP) is 0.273. The summed E-state index contributed by atoms with van der Waals surface area (Å²) in [6.45, 7) is 2.00. The van der Waals surface area contributed by atoms with Crippen molar-refractivity contribution < 1.29 is 0 Å². The van der Waals surface area contributed by atoms with Gasteiger partial charge in [-0.15, -0.1) is 5.10 Å². The molecule has 92 valence electrons. The number of rotatable bonds is 6. The van der Waals surface area contributed by atoms with Crippen molar-refractivity contribution in [3.63, 3.8) is 0 Å². The van der Waals surface area contributed by atoms with Crippen molar-refractivity contribution in [2.75, 3.05) is 32.5 Å². The average Bonchev–Trinajstić information content (AvgIpc) is 2.77. The summed E-state index contributed by atoms with van der Waals surface area (Å²) in [5.74, 6) is 0.831. The highest BCUT2D eigenvalue weighted by Gasteiger charge is 2.02. The van der Waals surface area contributed by atoms with E-state index in [0.717, 1.165) is 25.3 Å². The Kier molecular flexibility index (Phi) is 3.81. The Bertz CT molecular complexity index is 464. The highest BCUT2D eigenvalue weighted by atomic mass is 15.5. The van der Waals surface area contributed by atoms with Crippen molar-refractivity contribution in [2.45, 2.75) is 12.8 Å². The lowest BCUT2D eigenvalue weighted by Crippen LogP contribution is -2.14. The van der Waals surface area contributed by atoms with E-state index in [1.54, 1.807) is 16.9 Å². The topological polar surface area (TPSA) is 71.2 Å². The molecule has 7 heteroatoms. The molecule has 0 saturated carbocycles. The van der Waals surface area contributed by atoms with Crippen molar-refractivity contribution in [2.24, 2.45) is 0 Å². The lowest BCUT2D eigenvalue weighted by Gasteiger charge is -2.10. The number of unbranched alkanes of at least 4 members (excludes halogenated alkanes) is 1. The summed E-state index contributed by atoms with van der Waals surface area (Å²) < 4.78 is 1.65. The molecule has 2 aromatic heterocycles. The highest BCUT2D eigenvalue weighted by molar-refractivity contribution is 5.43. The fourth-order valence-corrected chi connectivity index (χ4v) is 1.57. The smallest absolute Gasteiger partial charge is 0.199 e. The number of hydrogen-bond donors (Lipinski definition) is 1. The van der Waals surface area contributed by atoms with Gasteiger partial charge in [0.15, 0.2) is 5.65 Å². The first kappa shape index (κ1) is 11.7. The minimum Gasteiger partial charge on any atom is -0.369 e. The maximum absolute atomic E-state index is 4.08. The van der Waals surface area contributed by atoms with Gasteiger partial charge in [0.2, 0.25) is 0 Å². The van der Waals surface area contributed by atoms with E-state index in [1.807, 2.05) is 0 Å². The molecule has 0 spiro atoms. The molecule has 0 atom stereocenters. The SMILES string of the molecule is CN(C)CCCCNc1cncc2nnnn12. The van der Waals surface area contributed by atoms with Crippen LogP contribution in [0.4, 0.5) is 5.82 Å². The second-order valence-corrected chi connectivity index (χ2v) is 4.18. The van der Waals surface area contributed by atoms with E-state index in [4.69, 9.17) is 0 Å². The van der Waals surface area contributed by atoms with E-state index < -0.39 is 0 Å². The third kappa shape index (κ3) is 3.10. The summed E-state index contributed by atoms with van der Waals surface area (Å²) >= 11 is 0. The van der Waals surface area contributed by atoms with E-state index >= 15 is 0 Å². The van der Waals surface area contributed by atoms with Gasteiger partial charge in [0.05, 0.1) is 12.4 Å².